The molecular formula is C29H36N2O4S. The number of carbonyl (C=O) groups excluding carboxylic acids is 2. The lowest BCUT2D eigenvalue weighted by molar-refractivity contribution is -0.144. The van der Waals surface area contributed by atoms with Crippen LogP contribution in [0.25, 0.3) is 0 Å². The molecule has 3 aromatic rings. The summed E-state index contributed by atoms with van der Waals surface area (Å²) in [5.41, 5.74) is 3.23. The smallest absolute Gasteiger partial charge is 0.249 e. The van der Waals surface area contributed by atoms with Crippen LogP contribution in [0, 0.1) is 6.92 Å². The number of hydrogen-bond donors (Lipinski definition) is 0. The predicted molar refractivity (Wildman–Crippen MR) is 144 cm³/mol. The standard InChI is InChI=1S/C29H36N2O4S/c1-3-34-17-10-16-30(29(33)23-35-22-26-13-8-5-9-14-26)21-28(32)31(19-25-11-6-4-7-12-25)20-27-24(2)15-18-36-27/h4-9,11-15,18H,3,10,16-17,19-23H2,1-2H3. The molecule has 6 nitrogen and oxygen atoms in total. The number of hydrogen-bond acceptors (Lipinski definition) is 5. The molecule has 0 N–H and O–H groups in total. The summed E-state index contributed by atoms with van der Waals surface area (Å²) in [5.74, 6) is -0.276. The zero-order valence-electron chi connectivity index (χ0n) is 21.2. The lowest BCUT2D eigenvalue weighted by Crippen LogP contribution is -2.44. The molecule has 0 saturated carbocycles. The van der Waals surface area contributed by atoms with Gasteiger partial charge in [-0.1, -0.05) is 60.7 Å². The molecular weight excluding hydrogens is 472 g/mol. The molecule has 3 rings (SSSR count). The number of thiophene rings is 1. The van der Waals surface area contributed by atoms with E-state index >= 15 is 0 Å². The Morgan fingerprint density at radius 2 is 1.53 bits per heavy atom. The Bertz CT molecular complexity index is 1060. The fourth-order valence-corrected chi connectivity index (χ4v) is 4.67. The second-order valence-corrected chi connectivity index (χ2v) is 9.61. The zero-order valence-corrected chi connectivity index (χ0v) is 22.0. The Balaban J connectivity index is 1.67. The third-order valence-electron chi connectivity index (χ3n) is 5.81. The number of nitrogens with zero attached hydrogens (tertiary/aromatic N) is 2. The van der Waals surface area contributed by atoms with E-state index in [2.05, 4.69) is 13.0 Å². The fourth-order valence-electron chi connectivity index (χ4n) is 3.75. The van der Waals surface area contributed by atoms with E-state index in [-0.39, 0.29) is 25.0 Å². The highest BCUT2D eigenvalue weighted by Gasteiger charge is 2.22. The van der Waals surface area contributed by atoms with Crippen LogP contribution in [-0.4, -0.2) is 54.5 Å². The van der Waals surface area contributed by atoms with Gasteiger partial charge in [0.25, 0.3) is 0 Å². The molecule has 1 heterocycles. The van der Waals surface area contributed by atoms with Crippen LogP contribution in [0.4, 0.5) is 0 Å². The first-order valence-corrected chi connectivity index (χ1v) is 13.3. The number of rotatable bonds is 15. The van der Waals surface area contributed by atoms with E-state index in [1.54, 1.807) is 16.2 Å². The minimum Gasteiger partial charge on any atom is -0.382 e. The Morgan fingerprint density at radius 1 is 0.833 bits per heavy atom. The number of amides is 2. The molecule has 0 unspecified atom stereocenters. The Labute approximate surface area is 218 Å². The summed E-state index contributed by atoms with van der Waals surface area (Å²) in [4.78, 5) is 31.2. The third kappa shape index (κ3) is 9.22. The van der Waals surface area contributed by atoms with Crippen molar-refractivity contribution in [3.05, 3.63) is 93.7 Å². The predicted octanol–water partition coefficient (Wildman–Crippen LogP) is 5.06. The molecule has 0 fully saturated rings. The molecule has 2 aromatic carbocycles. The first-order chi connectivity index (χ1) is 17.6. The molecule has 0 radical (unpaired) electrons. The van der Waals surface area contributed by atoms with E-state index < -0.39 is 0 Å². The average molecular weight is 509 g/mol. The highest BCUT2D eigenvalue weighted by atomic mass is 32.1. The number of ether oxygens (including phenoxy) is 2. The highest BCUT2D eigenvalue weighted by Crippen LogP contribution is 2.20. The molecule has 0 aliphatic rings. The van der Waals surface area contributed by atoms with Crippen LogP contribution < -0.4 is 0 Å². The van der Waals surface area contributed by atoms with E-state index in [9.17, 15) is 9.59 Å². The van der Waals surface area contributed by atoms with Crippen LogP contribution in [0.5, 0.6) is 0 Å². The monoisotopic (exact) mass is 508 g/mol. The first kappa shape index (κ1) is 27.6. The topological polar surface area (TPSA) is 59.1 Å². The average Bonchev–Trinajstić information content (AvgIpc) is 3.30. The Hall–Kier alpha value is -3.00. The van der Waals surface area contributed by atoms with Gasteiger partial charge < -0.3 is 19.3 Å². The van der Waals surface area contributed by atoms with Crippen molar-refractivity contribution < 1.29 is 19.1 Å². The van der Waals surface area contributed by atoms with E-state index in [1.807, 2.05) is 77.9 Å². The quantitative estimate of drug-likeness (QED) is 0.269. The van der Waals surface area contributed by atoms with Gasteiger partial charge in [0, 0.05) is 31.2 Å². The van der Waals surface area contributed by atoms with Gasteiger partial charge in [-0.15, -0.1) is 11.3 Å². The van der Waals surface area contributed by atoms with Gasteiger partial charge in [-0.2, -0.15) is 0 Å². The summed E-state index contributed by atoms with van der Waals surface area (Å²) < 4.78 is 11.1. The van der Waals surface area contributed by atoms with Gasteiger partial charge in [0.15, 0.2) is 0 Å². The van der Waals surface area contributed by atoms with Crippen LogP contribution in [0.2, 0.25) is 0 Å². The number of aryl methyl sites for hydroxylation is 1. The van der Waals surface area contributed by atoms with E-state index in [4.69, 9.17) is 9.47 Å². The van der Waals surface area contributed by atoms with Crippen LogP contribution in [0.1, 0.15) is 34.9 Å². The van der Waals surface area contributed by atoms with Crippen LogP contribution in [-0.2, 0) is 38.8 Å². The van der Waals surface area contributed by atoms with Gasteiger partial charge in [0.05, 0.1) is 19.7 Å². The maximum Gasteiger partial charge on any atom is 0.249 e. The Kier molecular flexibility index (Phi) is 11.6. The first-order valence-electron chi connectivity index (χ1n) is 12.4. The van der Waals surface area contributed by atoms with Gasteiger partial charge in [0.2, 0.25) is 11.8 Å². The summed E-state index contributed by atoms with van der Waals surface area (Å²) in [5, 5.41) is 2.05. The molecule has 0 spiro atoms. The minimum absolute atomic E-state index is 0.0108. The van der Waals surface area contributed by atoms with Crippen molar-refractivity contribution in [3.8, 4) is 0 Å². The molecule has 36 heavy (non-hydrogen) atoms. The van der Waals surface area contributed by atoms with Gasteiger partial charge in [-0.05, 0) is 48.4 Å². The molecule has 0 aliphatic carbocycles. The van der Waals surface area contributed by atoms with E-state index in [1.165, 1.54) is 5.56 Å². The highest BCUT2D eigenvalue weighted by molar-refractivity contribution is 7.10. The molecule has 1 aromatic heterocycles. The summed E-state index contributed by atoms with van der Waals surface area (Å²) in [7, 11) is 0. The van der Waals surface area contributed by atoms with Crippen LogP contribution in [0.3, 0.4) is 0 Å². The van der Waals surface area contributed by atoms with Crippen LogP contribution in [0.15, 0.2) is 72.1 Å². The van der Waals surface area contributed by atoms with Crippen molar-refractivity contribution in [1.82, 2.24) is 9.80 Å². The number of carbonyl (C=O) groups is 2. The molecule has 2 amide bonds. The second-order valence-electron chi connectivity index (χ2n) is 8.61. The van der Waals surface area contributed by atoms with Crippen molar-refractivity contribution in [2.45, 2.75) is 40.0 Å². The van der Waals surface area contributed by atoms with Gasteiger partial charge in [-0.3, -0.25) is 9.59 Å². The minimum atomic E-state index is -0.192. The molecule has 0 atom stereocenters. The lowest BCUT2D eigenvalue weighted by Gasteiger charge is -2.28. The summed E-state index contributed by atoms with van der Waals surface area (Å²) >= 11 is 1.65. The van der Waals surface area contributed by atoms with Crippen molar-refractivity contribution in [3.63, 3.8) is 0 Å². The van der Waals surface area contributed by atoms with Gasteiger partial charge >= 0.3 is 0 Å². The summed E-state index contributed by atoms with van der Waals surface area (Å²) in [6, 6.07) is 21.8. The zero-order chi connectivity index (χ0) is 25.6. The fraction of sp³-hybridized carbons (Fsp3) is 0.379. The molecule has 192 valence electrons. The van der Waals surface area contributed by atoms with Gasteiger partial charge in [0.1, 0.15) is 6.61 Å². The molecule has 7 heteroatoms. The van der Waals surface area contributed by atoms with Crippen molar-refractivity contribution in [1.29, 1.82) is 0 Å². The third-order valence-corrected chi connectivity index (χ3v) is 6.82. The molecule has 0 bridgehead atoms. The lowest BCUT2D eigenvalue weighted by atomic mass is 10.2. The SMILES string of the molecule is CCOCCCN(CC(=O)N(Cc1ccccc1)Cc1sccc1C)C(=O)COCc1ccccc1. The van der Waals surface area contributed by atoms with Crippen LogP contribution >= 0.6 is 11.3 Å². The summed E-state index contributed by atoms with van der Waals surface area (Å²) in [6.07, 6.45) is 0.661. The summed E-state index contributed by atoms with van der Waals surface area (Å²) in [6.45, 7) is 6.91. The second kappa shape index (κ2) is 15.2. The molecule has 0 saturated heterocycles. The van der Waals surface area contributed by atoms with Crippen molar-refractivity contribution in [2.24, 2.45) is 0 Å². The van der Waals surface area contributed by atoms with Gasteiger partial charge in [-0.25, -0.2) is 0 Å². The van der Waals surface area contributed by atoms with Crippen molar-refractivity contribution >= 4 is 23.2 Å². The van der Waals surface area contributed by atoms with Crippen molar-refractivity contribution in [2.75, 3.05) is 32.9 Å². The normalized spacial score (nSPS) is 10.8. The maximum atomic E-state index is 13.5. The Morgan fingerprint density at radius 3 is 2.17 bits per heavy atom. The maximum absolute atomic E-state index is 13.5. The van der Waals surface area contributed by atoms with E-state index in [0.717, 1.165) is 16.0 Å². The number of benzene rings is 2. The van der Waals surface area contributed by atoms with E-state index in [0.29, 0.717) is 45.9 Å². The molecule has 0 aliphatic heterocycles. The largest absolute Gasteiger partial charge is 0.382 e.